The van der Waals surface area contributed by atoms with Crippen LogP contribution in [-0.2, 0) is 0 Å². The van der Waals surface area contributed by atoms with E-state index in [1.54, 1.807) is 17.5 Å². The van der Waals surface area contributed by atoms with Gasteiger partial charge in [-0.25, -0.2) is 4.98 Å². The Morgan fingerprint density at radius 2 is 2.00 bits per heavy atom. The van der Waals surface area contributed by atoms with Gasteiger partial charge in [0.1, 0.15) is 4.83 Å². The topological polar surface area (TPSA) is 30.0 Å². The van der Waals surface area contributed by atoms with Crippen molar-refractivity contribution < 1.29 is 0 Å². The van der Waals surface area contributed by atoms with Gasteiger partial charge in [-0.3, -0.25) is 4.79 Å². The van der Waals surface area contributed by atoms with E-state index in [0.29, 0.717) is 0 Å². The predicted molar refractivity (Wildman–Crippen MR) is 68.1 cm³/mol. The van der Waals surface area contributed by atoms with Crippen molar-refractivity contribution in [2.45, 2.75) is 6.92 Å². The van der Waals surface area contributed by atoms with E-state index in [-0.39, 0.29) is 5.43 Å². The number of fused-ring (bicyclic) bond motifs is 2. The van der Waals surface area contributed by atoms with Gasteiger partial charge in [0, 0.05) is 16.3 Å². The van der Waals surface area contributed by atoms with Crippen molar-refractivity contribution in [3.8, 4) is 0 Å². The molecule has 2 heterocycles. The zero-order chi connectivity index (χ0) is 11.1. The third-order valence-corrected chi connectivity index (χ3v) is 3.77. The van der Waals surface area contributed by atoms with E-state index in [1.807, 2.05) is 37.3 Å². The molecule has 2 nitrogen and oxygen atoms in total. The fourth-order valence-electron chi connectivity index (χ4n) is 1.87. The molecule has 0 atom stereocenters. The van der Waals surface area contributed by atoms with Gasteiger partial charge >= 0.3 is 0 Å². The molecular formula is C13H9NOS. The molecule has 0 saturated carbocycles. The minimum Gasteiger partial charge on any atom is -0.288 e. The van der Waals surface area contributed by atoms with E-state index in [0.717, 1.165) is 25.9 Å². The first kappa shape index (κ1) is 9.48. The van der Waals surface area contributed by atoms with Crippen molar-refractivity contribution in [1.29, 1.82) is 0 Å². The van der Waals surface area contributed by atoms with E-state index < -0.39 is 0 Å². The third kappa shape index (κ3) is 1.25. The molecule has 1 aromatic carbocycles. The van der Waals surface area contributed by atoms with Crippen LogP contribution in [0.1, 0.15) is 5.56 Å². The molecule has 2 aromatic heterocycles. The molecule has 0 saturated heterocycles. The summed E-state index contributed by atoms with van der Waals surface area (Å²) in [7, 11) is 0. The molecule has 0 N–H and O–H groups in total. The summed E-state index contributed by atoms with van der Waals surface area (Å²) in [6, 6.07) is 9.56. The van der Waals surface area contributed by atoms with Crippen LogP contribution in [0.4, 0.5) is 0 Å². The zero-order valence-electron chi connectivity index (χ0n) is 8.73. The zero-order valence-corrected chi connectivity index (χ0v) is 9.54. The van der Waals surface area contributed by atoms with Crippen molar-refractivity contribution in [2.75, 3.05) is 0 Å². The monoisotopic (exact) mass is 227 g/mol. The number of hydrogen-bond acceptors (Lipinski definition) is 3. The van der Waals surface area contributed by atoms with Crippen molar-refractivity contribution in [3.63, 3.8) is 0 Å². The second kappa shape index (κ2) is 3.39. The van der Waals surface area contributed by atoms with Crippen LogP contribution in [0.15, 0.2) is 41.3 Å². The molecule has 0 aliphatic heterocycles. The average Bonchev–Trinajstić information content (AvgIpc) is 2.29. The minimum absolute atomic E-state index is 0.0925. The van der Waals surface area contributed by atoms with Crippen LogP contribution in [0.5, 0.6) is 0 Å². The van der Waals surface area contributed by atoms with Gasteiger partial charge < -0.3 is 0 Å². The molecule has 3 rings (SSSR count). The summed E-state index contributed by atoms with van der Waals surface area (Å²) in [6.07, 6.45) is 1.75. The van der Waals surface area contributed by atoms with E-state index in [4.69, 9.17) is 0 Å². The van der Waals surface area contributed by atoms with Gasteiger partial charge in [-0.05, 0) is 30.7 Å². The summed E-state index contributed by atoms with van der Waals surface area (Å²) < 4.78 is 0.998. The van der Waals surface area contributed by atoms with Gasteiger partial charge in [0.15, 0.2) is 5.43 Å². The Morgan fingerprint density at radius 1 is 1.19 bits per heavy atom. The Balaban J connectivity index is 2.67. The number of aryl methyl sites for hydroxylation is 1. The summed E-state index contributed by atoms with van der Waals surface area (Å²) >= 11 is 1.57. The molecule has 0 aliphatic rings. The van der Waals surface area contributed by atoms with Gasteiger partial charge in [0.25, 0.3) is 0 Å². The quantitative estimate of drug-likeness (QED) is 0.552. The molecule has 0 spiro atoms. The number of nitrogens with zero attached hydrogens (tertiary/aromatic N) is 1. The summed E-state index contributed by atoms with van der Waals surface area (Å²) in [6.45, 7) is 1.95. The Hall–Kier alpha value is -1.74. The first-order chi connectivity index (χ1) is 7.77. The maximum Gasteiger partial charge on any atom is 0.197 e. The summed E-state index contributed by atoms with van der Waals surface area (Å²) in [5.74, 6) is 0. The first-order valence-electron chi connectivity index (χ1n) is 5.04. The lowest BCUT2D eigenvalue weighted by molar-refractivity contribution is 1.39. The van der Waals surface area contributed by atoms with Crippen LogP contribution in [0.3, 0.4) is 0 Å². The Kier molecular flexibility index (Phi) is 2.01. The highest BCUT2D eigenvalue weighted by molar-refractivity contribution is 7.24. The fourth-order valence-corrected chi connectivity index (χ4v) is 2.96. The smallest absolute Gasteiger partial charge is 0.197 e. The molecule has 78 valence electrons. The lowest BCUT2D eigenvalue weighted by atomic mass is 10.1. The van der Waals surface area contributed by atoms with E-state index >= 15 is 0 Å². The first-order valence-corrected chi connectivity index (χ1v) is 5.86. The highest BCUT2D eigenvalue weighted by Crippen LogP contribution is 2.24. The molecule has 0 unspecified atom stereocenters. The molecule has 0 fully saturated rings. The van der Waals surface area contributed by atoms with Crippen LogP contribution in [0.2, 0.25) is 0 Å². The van der Waals surface area contributed by atoms with Crippen molar-refractivity contribution in [1.82, 2.24) is 4.98 Å². The molecule has 0 aliphatic carbocycles. The van der Waals surface area contributed by atoms with Crippen LogP contribution >= 0.6 is 11.3 Å². The van der Waals surface area contributed by atoms with Crippen LogP contribution in [0, 0.1) is 6.92 Å². The molecule has 16 heavy (non-hydrogen) atoms. The number of rotatable bonds is 0. The van der Waals surface area contributed by atoms with Crippen LogP contribution in [-0.4, -0.2) is 4.98 Å². The number of aromatic nitrogens is 1. The molecule has 0 amide bonds. The van der Waals surface area contributed by atoms with Crippen molar-refractivity contribution in [2.24, 2.45) is 0 Å². The number of hydrogen-bond donors (Lipinski definition) is 0. The molecular weight excluding hydrogens is 218 g/mol. The summed E-state index contributed by atoms with van der Waals surface area (Å²) in [5, 5.41) is 1.54. The standard InChI is InChI=1S/C13H9NOS/c1-8-6-7-14-13-11(8)12(15)9-4-2-3-5-10(9)16-13/h2-7H,1H3. The largest absolute Gasteiger partial charge is 0.288 e. The SMILES string of the molecule is Cc1ccnc2sc3ccccc3c(=O)c12. The number of benzene rings is 1. The highest BCUT2D eigenvalue weighted by atomic mass is 32.1. The predicted octanol–water partition coefficient (Wildman–Crippen LogP) is 3.12. The van der Waals surface area contributed by atoms with Crippen molar-refractivity contribution in [3.05, 3.63) is 52.3 Å². The van der Waals surface area contributed by atoms with Crippen LogP contribution in [0.25, 0.3) is 20.3 Å². The van der Waals surface area contributed by atoms with Gasteiger partial charge in [-0.2, -0.15) is 0 Å². The lowest BCUT2D eigenvalue weighted by Gasteiger charge is -2.01. The fraction of sp³-hybridized carbons (Fsp3) is 0.0769. The number of pyridine rings is 1. The lowest BCUT2D eigenvalue weighted by Crippen LogP contribution is -2.03. The van der Waals surface area contributed by atoms with E-state index in [1.165, 1.54) is 0 Å². The highest BCUT2D eigenvalue weighted by Gasteiger charge is 2.07. The van der Waals surface area contributed by atoms with E-state index in [9.17, 15) is 4.79 Å². The van der Waals surface area contributed by atoms with Crippen molar-refractivity contribution >= 4 is 31.6 Å². The second-order valence-corrected chi connectivity index (χ2v) is 4.77. The Morgan fingerprint density at radius 3 is 2.88 bits per heavy atom. The third-order valence-electron chi connectivity index (χ3n) is 2.69. The molecule has 3 aromatic rings. The van der Waals surface area contributed by atoms with Gasteiger partial charge in [-0.1, -0.05) is 12.1 Å². The second-order valence-electron chi connectivity index (χ2n) is 3.74. The van der Waals surface area contributed by atoms with Gasteiger partial charge in [0.2, 0.25) is 0 Å². The average molecular weight is 227 g/mol. The molecule has 0 radical (unpaired) electrons. The van der Waals surface area contributed by atoms with Gasteiger partial charge in [0.05, 0.1) is 5.39 Å². The summed E-state index contributed by atoms with van der Waals surface area (Å²) in [4.78, 5) is 17.4. The molecule has 3 heteroatoms. The normalized spacial score (nSPS) is 11.1. The molecule has 0 bridgehead atoms. The maximum absolute atomic E-state index is 12.3. The Bertz CT molecular complexity index is 746. The maximum atomic E-state index is 12.3. The van der Waals surface area contributed by atoms with Crippen LogP contribution < -0.4 is 5.43 Å². The minimum atomic E-state index is 0.0925. The Labute approximate surface area is 96.2 Å². The van der Waals surface area contributed by atoms with E-state index in [2.05, 4.69) is 4.98 Å². The summed E-state index contributed by atoms with van der Waals surface area (Å²) in [5.41, 5.74) is 1.09. The van der Waals surface area contributed by atoms with Gasteiger partial charge in [-0.15, -0.1) is 11.3 Å².